The van der Waals surface area contributed by atoms with Crippen LogP contribution in [0, 0.1) is 5.82 Å². The Kier molecular flexibility index (Phi) is 3.96. The first-order valence-electron chi connectivity index (χ1n) is 5.07. The molecule has 1 aromatic heterocycles. The highest BCUT2D eigenvalue weighted by Gasteiger charge is 2.31. The second-order valence-electron chi connectivity index (χ2n) is 3.63. The molecule has 2 rings (SSSR count). The number of hydrogen-bond acceptors (Lipinski definition) is 3. The number of hydrogen-bond donors (Lipinski definition) is 1. The molecule has 2 aromatic rings. The molecule has 8 heteroatoms. The molecule has 0 radical (unpaired) electrons. The Morgan fingerprint density at radius 1 is 1.32 bits per heavy atom. The molecule has 0 spiro atoms. The number of alkyl halides is 3. The van der Waals surface area contributed by atoms with Crippen molar-refractivity contribution in [3.05, 3.63) is 45.1 Å². The second-order valence-corrected chi connectivity index (χ2v) is 5.32. The maximum Gasteiger partial charge on any atom is 0.416 e. The normalized spacial score (nSPS) is 11.6. The van der Waals surface area contributed by atoms with E-state index < -0.39 is 17.6 Å². The first-order chi connectivity index (χ1) is 8.86. The highest BCUT2D eigenvalue weighted by atomic mass is 35.5. The summed E-state index contributed by atoms with van der Waals surface area (Å²) in [6.45, 7) is 0.243. The zero-order valence-corrected chi connectivity index (χ0v) is 10.8. The molecule has 0 saturated heterocycles. The van der Waals surface area contributed by atoms with Crippen LogP contribution in [0.4, 0.5) is 23.2 Å². The molecule has 0 fully saturated rings. The number of nitrogens with one attached hydrogen (secondary N) is 1. The van der Waals surface area contributed by atoms with Crippen molar-refractivity contribution < 1.29 is 17.6 Å². The van der Waals surface area contributed by atoms with E-state index >= 15 is 0 Å². The van der Waals surface area contributed by atoms with E-state index in [1.165, 1.54) is 17.5 Å². The van der Waals surface area contributed by atoms with Gasteiger partial charge in [0.1, 0.15) is 5.82 Å². The molecule has 2 nitrogen and oxygen atoms in total. The summed E-state index contributed by atoms with van der Waals surface area (Å²) < 4.78 is 50.9. The van der Waals surface area contributed by atoms with E-state index in [4.69, 9.17) is 11.6 Å². The van der Waals surface area contributed by atoms with E-state index in [9.17, 15) is 17.6 Å². The van der Waals surface area contributed by atoms with Crippen LogP contribution >= 0.6 is 22.9 Å². The molecular weight excluding hydrogens is 304 g/mol. The van der Waals surface area contributed by atoms with Gasteiger partial charge in [0.25, 0.3) is 0 Å². The Balaban J connectivity index is 2.09. The van der Waals surface area contributed by atoms with E-state index in [0.29, 0.717) is 10.5 Å². The monoisotopic (exact) mass is 310 g/mol. The summed E-state index contributed by atoms with van der Waals surface area (Å²) in [5.74, 6) is -0.953. The van der Waals surface area contributed by atoms with E-state index in [-0.39, 0.29) is 12.2 Å². The average molecular weight is 311 g/mol. The lowest BCUT2D eigenvalue weighted by molar-refractivity contribution is -0.137. The summed E-state index contributed by atoms with van der Waals surface area (Å²) in [6, 6.07) is 2.34. The fraction of sp³-hybridized carbons (Fsp3) is 0.182. The van der Waals surface area contributed by atoms with Crippen molar-refractivity contribution in [2.24, 2.45) is 0 Å². The van der Waals surface area contributed by atoms with Crippen LogP contribution in [0.15, 0.2) is 24.4 Å². The number of aromatic nitrogens is 1. The maximum absolute atomic E-state index is 13.5. The van der Waals surface area contributed by atoms with Gasteiger partial charge in [0.15, 0.2) is 4.47 Å². The van der Waals surface area contributed by atoms with Gasteiger partial charge in [0.2, 0.25) is 0 Å². The predicted octanol–water partition coefficient (Wildman–Crippen LogP) is 4.57. The van der Waals surface area contributed by atoms with Crippen molar-refractivity contribution in [2.45, 2.75) is 12.7 Å². The lowest BCUT2D eigenvalue weighted by Gasteiger charge is -2.10. The predicted molar refractivity (Wildman–Crippen MR) is 65.9 cm³/mol. The molecule has 0 bridgehead atoms. The third kappa shape index (κ3) is 3.57. The van der Waals surface area contributed by atoms with Gasteiger partial charge in [0.05, 0.1) is 17.8 Å². The van der Waals surface area contributed by atoms with E-state index in [1.807, 2.05) is 0 Å². The Labute approximate surface area is 115 Å². The molecule has 0 atom stereocenters. The zero-order chi connectivity index (χ0) is 14.0. The van der Waals surface area contributed by atoms with Crippen LogP contribution in [-0.4, -0.2) is 4.98 Å². The first-order valence-corrected chi connectivity index (χ1v) is 6.26. The molecule has 19 heavy (non-hydrogen) atoms. The quantitative estimate of drug-likeness (QED) is 0.840. The summed E-state index contributed by atoms with van der Waals surface area (Å²) in [5.41, 5.74) is -1.02. The summed E-state index contributed by atoms with van der Waals surface area (Å²) in [5, 5.41) is 2.69. The summed E-state index contributed by atoms with van der Waals surface area (Å²) in [6.07, 6.45) is -3.04. The molecule has 0 aliphatic carbocycles. The molecule has 1 aromatic carbocycles. The summed E-state index contributed by atoms with van der Waals surface area (Å²) >= 11 is 6.83. The van der Waals surface area contributed by atoms with E-state index in [1.54, 1.807) is 0 Å². The van der Waals surface area contributed by atoms with Gasteiger partial charge < -0.3 is 5.32 Å². The third-order valence-corrected chi connectivity index (χ3v) is 3.39. The van der Waals surface area contributed by atoms with E-state index in [2.05, 4.69) is 10.3 Å². The smallest absolute Gasteiger partial charge is 0.378 e. The van der Waals surface area contributed by atoms with Crippen LogP contribution in [0.1, 0.15) is 10.4 Å². The van der Waals surface area contributed by atoms with Crippen molar-refractivity contribution >= 4 is 28.6 Å². The SMILES string of the molecule is Fc1cc(C(F)(F)F)ccc1NCc1cnc(Cl)s1. The average Bonchev–Trinajstić information content (AvgIpc) is 2.72. The minimum atomic E-state index is -4.55. The van der Waals surface area contributed by atoms with Gasteiger partial charge >= 0.3 is 6.18 Å². The standard InChI is InChI=1S/C11H7ClF4N2S/c12-10-18-5-7(19-10)4-17-9-2-1-6(3-8(9)13)11(14,15)16/h1-3,5,17H,4H2. The van der Waals surface area contributed by atoms with Crippen molar-refractivity contribution in [2.75, 3.05) is 5.32 Å². The Hall–Kier alpha value is -1.34. The number of halogens is 5. The van der Waals surface area contributed by atoms with Crippen molar-refractivity contribution in [1.29, 1.82) is 0 Å². The molecule has 0 unspecified atom stereocenters. The van der Waals surface area contributed by atoms with Crippen LogP contribution < -0.4 is 5.32 Å². The number of thiazole rings is 1. The molecule has 102 valence electrons. The van der Waals surface area contributed by atoms with Crippen LogP contribution in [0.2, 0.25) is 4.47 Å². The number of anilines is 1. The zero-order valence-electron chi connectivity index (χ0n) is 9.26. The van der Waals surface area contributed by atoms with Gasteiger partial charge in [0, 0.05) is 11.1 Å². The van der Waals surface area contributed by atoms with Crippen LogP contribution in [-0.2, 0) is 12.7 Å². The molecule has 1 N–H and O–H groups in total. The van der Waals surface area contributed by atoms with Gasteiger partial charge in [-0.3, -0.25) is 0 Å². The fourth-order valence-corrected chi connectivity index (χ4v) is 2.30. The number of nitrogens with zero attached hydrogens (tertiary/aromatic N) is 1. The second kappa shape index (κ2) is 5.34. The maximum atomic E-state index is 13.5. The minimum absolute atomic E-state index is 0.00229. The number of benzene rings is 1. The van der Waals surface area contributed by atoms with Gasteiger partial charge in [-0.15, -0.1) is 11.3 Å². The Morgan fingerprint density at radius 2 is 2.05 bits per heavy atom. The highest BCUT2D eigenvalue weighted by molar-refractivity contribution is 7.15. The third-order valence-electron chi connectivity index (χ3n) is 2.27. The molecule has 1 heterocycles. The highest BCUT2D eigenvalue weighted by Crippen LogP contribution is 2.31. The fourth-order valence-electron chi connectivity index (χ4n) is 1.38. The van der Waals surface area contributed by atoms with Gasteiger partial charge in [-0.2, -0.15) is 13.2 Å². The van der Waals surface area contributed by atoms with Crippen molar-refractivity contribution in [3.8, 4) is 0 Å². The minimum Gasteiger partial charge on any atom is -0.378 e. The van der Waals surface area contributed by atoms with Crippen LogP contribution in [0.25, 0.3) is 0 Å². The molecule has 0 aliphatic rings. The Morgan fingerprint density at radius 3 is 2.58 bits per heavy atom. The van der Waals surface area contributed by atoms with Gasteiger partial charge in [-0.25, -0.2) is 9.37 Å². The first kappa shape index (κ1) is 14.1. The number of rotatable bonds is 3. The lowest BCUT2D eigenvalue weighted by Crippen LogP contribution is -2.07. The molecular formula is C11H7ClF4N2S. The molecule has 0 aliphatic heterocycles. The van der Waals surface area contributed by atoms with Crippen molar-refractivity contribution in [3.63, 3.8) is 0 Å². The summed E-state index contributed by atoms with van der Waals surface area (Å²) in [4.78, 5) is 4.55. The lowest BCUT2D eigenvalue weighted by atomic mass is 10.2. The van der Waals surface area contributed by atoms with E-state index in [0.717, 1.165) is 17.0 Å². The van der Waals surface area contributed by atoms with Crippen LogP contribution in [0.3, 0.4) is 0 Å². The van der Waals surface area contributed by atoms with Crippen molar-refractivity contribution in [1.82, 2.24) is 4.98 Å². The largest absolute Gasteiger partial charge is 0.416 e. The van der Waals surface area contributed by atoms with Crippen LogP contribution in [0.5, 0.6) is 0 Å². The van der Waals surface area contributed by atoms with Gasteiger partial charge in [-0.1, -0.05) is 11.6 Å². The molecule has 0 amide bonds. The molecule has 0 saturated carbocycles. The topological polar surface area (TPSA) is 24.9 Å². The Bertz CT molecular complexity index is 582. The van der Waals surface area contributed by atoms with Gasteiger partial charge in [-0.05, 0) is 18.2 Å². The summed E-state index contributed by atoms with van der Waals surface area (Å²) in [7, 11) is 0.